The molecule has 1 aliphatic carbocycles. The standard InChI is InChI=1S/C14H12O3/c15-12(11-7-3-1-4-8-11)13(16)14(17)9-5-2-6-10-14/h1-9,17H,10H2. The number of ketones is 2. The summed E-state index contributed by atoms with van der Waals surface area (Å²) in [5.74, 6) is -1.45. The van der Waals surface area contributed by atoms with Crippen LogP contribution in [0.4, 0.5) is 0 Å². The Kier molecular flexibility index (Phi) is 3.02. The third kappa shape index (κ3) is 2.24. The summed E-state index contributed by atoms with van der Waals surface area (Å²) in [5.41, 5.74) is -1.39. The van der Waals surface area contributed by atoms with Gasteiger partial charge in [-0.05, 0) is 6.08 Å². The average molecular weight is 228 g/mol. The Hall–Kier alpha value is -2.00. The van der Waals surface area contributed by atoms with Crippen LogP contribution in [0.5, 0.6) is 0 Å². The van der Waals surface area contributed by atoms with Crippen LogP contribution in [-0.4, -0.2) is 22.3 Å². The molecule has 1 N–H and O–H groups in total. The monoisotopic (exact) mass is 228 g/mol. The van der Waals surface area contributed by atoms with Crippen molar-refractivity contribution >= 4 is 11.6 Å². The number of hydrogen-bond acceptors (Lipinski definition) is 3. The minimum Gasteiger partial charge on any atom is -0.377 e. The zero-order valence-electron chi connectivity index (χ0n) is 9.17. The van der Waals surface area contributed by atoms with Crippen molar-refractivity contribution in [3.8, 4) is 0 Å². The van der Waals surface area contributed by atoms with Gasteiger partial charge in [-0.1, -0.05) is 48.6 Å². The van der Waals surface area contributed by atoms with Crippen molar-refractivity contribution in [3.63, 3.8) is 0 Å². The summed E-state index contributed by atoms with van der Waals surface area (Å²) < 4.78 is 0. The van der Waals surface area contributed by atoms with Crippen LogP contribution in [0.15, 0.2) is 54.6 Å². The van der Waals surface area contributed by atoms with E-state index in [1.807, 2.05) is 0 Å². The number of benzene rings is 1. The van der Waals surface area contributed by atoms with E-state index in [1.165, 1.54) is 6.08 Å². The van der Waals surface area contributed by atoms with Gasteiger partial charge in [-0.25, -0.2) is 0 Å². The zero-order chi connectivity index (χ0) is 12.3. The average Bonchev–Trinajstić information content (AvgIpc) is 2.39. The van der Waals surface area contributed by atoms with E-state index >= 15 is 0 Å². The van der Waals surface area contributed by atoms with E-state index in [0.29, 0.717) is 5.56 Å². The third-order valence-electron chi connectivity index (χ3n) is 2.68. The van der Waals surface area contributed by atoms with Crippen LogP contribution in [-0.2, 0) is 4.79 Å². The third-order valence-corrected chi connectivity index (χ3v) is 2.68. The van der Waals surface area contributed by atoms with Gasteiger partial charge in [-0.2, -0.15) is 0 Å². The van der Waals surface area contributed by atoms with Gasteiger partial charge in [-0.15, -0.1) is 0 Å². The highest BCUT2D eigenvalue weighted by atomic mass is 16.3. The first-order valence-corrected chi connectivity index (χ1v) is 5.34. The molecule has 0 amide bonds. The molecule has 1 unspecified atom stereocenters. The van der Waals surface area contributed by atoms with Crippen molar-refractivity contribution in [1.29, 1.82) is 0 Å². The number of aliphatic hydroxyl groups is 1. The molecule has 86 valence electrons. The summed E-state index contributed by atoms with van der Waals surface area (Å²) >= 11 is 0. The van der Waals surface area contributed by atoms with E-state index in [-0.39, 0.29) is 6.42 Å². The normalized spacial score (nSPS) is 22.4. The molecule has 0 saturated heterocycles. The number of carbonyl (C=O) groups is 2. The molecule has 0 aromatic heterocycles. The van der Waals surface area contributed by atoms with Gasteiger partial charge in [0.25, 0.3) is 0 Å². The predicted molar refractivity (Wildman–Crippen MR) is 63.6 cm³/mol. The fraction of sp³-hybridized carbons (Fsp3) is 0.143. The highest BCUT2D eigenvalue weighted by molar-refractivity contribution is 6.46. The molecule has 0 fully saturated rings. The van der Waals surface area contributed by atoms with Crippen LogP contribution in [0.2, 0.25) is 0 Å². The number of Topliss-reactive ketones (excluding diaryl/α,β-unsaturated/α-hetero) is 2. The maximum atomic E-state index is 11.9. The second kappa shape index (κ2) is 4.47. The molecule has 0 aliphatic heterocycles. The Morgan fingerprint density at radius 2 is 1.82 bits per heavy atom. The molecule has 0 heterocycles. The topological polar surface area (TPSA) is 54.4 Å². The van der Waals surface area contributed by atoms with Crippen molar-refractivity contribution in [3.05, 3.63) is 60.2 Å². The van der Waals surface area contributed by atoms with E-state index in [0.717, 1.165) is 0 Å². The summed E-state index contributed by atoms with van der Waals surface area (Å²) in [5, 5.41) is 10.1. The Bertz CT molecular complexity index is 499. The molecule has 0 saturated carbocycles. The van der Waals surface area contributed by atoms with Gasteiger partial charge in [0.05, 0.1) is 0 Å². The Balaban J connectivity index is 2.24. The summed E-state index contributed by atoms with van der Waals surface area (Å²) in [6.07, 6.45) is 6.46. The smallest absolute Gasteiger partial charge is 0.238 e. The van der Waals surface area contributed by atoms with Crippen LogP contribution in [0.3, 0.4) is 0 Å². The molecule has 1 aromatic carbocycles. The zero-order valence-corrected chi connectivity index (χ0v) is 9.17. The Labute approximate surface area is 99.1 Å². The van der Waals surface area contributed by atoms with Gasteiger partial charge >= 0.3 is 0 Å². The van der Waals surface area contributed by atoms with Gasteiger partial charge < -0.3 is 5.11 Å². The predicted octanol–water partition coefficient (Wildman–Crippen LogP) is 1.69. The molecule has 1 atom stereocenters. The summed E-state index contributed by atoms with van der Waals surface area (Å²) in [6, 6.07) is 8.25. The van der Waals surface area contributed by atoms with Gasteiger partial charge in [0, 0.05) is 12.0 Å². The second-order valence-corrected chi connectivity index (χ2v) is 3.94. The first-order chi connectivity index (χ1) is 8.13. The SMILES string of the molecule is O=C(C(=O)C1(O)C=CC=CC1)c1ccccc1. The van der Waals surface area contributed by atoms with E-state index < -0.39 is 17.2 Å². The van der Waals surface area contributed by atoms with Gasteiger partial charge in [0.2, 0.25) is 11.6 Å². The lowest BCUT2D eigenvalue weighted by Gasteiger charge is -2.22. The largest absolute Gasteiger partial charge is 0.377 e. The molecule has 0 bridgehead atoms. The van der Waals surface area contributed by atoms with Crippen LogP contribution >= 0.6 is 0 Å². The van der Waals surface area contributed by atoms with Gasteiger partial charge in [0.1, 0.15) is 0 Å². The minimum absolute atomic E-state index is 0.140. The van der Waals surface area contributed by atoms with Crippen LogP contribution < -0.4 is 0 Å². The van der Waals surface area contributed by atoms with Crippen molar-refractivity contribution in [2.45, 2.75) is 12.0 Å². The molecule has 0 spiro atoms. The highest BCUT2D eigenvalue weighted by Crippen LogP contribution is 2.20. The van der Waals surface area contributed by atoms with Crippen molar-refractivity contribution < 1.29 is 14.7 Å². The van der Waals surface area contributed by atoms with E-state index in [9.17, 15) is 14.7 Å². The molecule has 1 aliphatic rings. The molecule has 0 radical (unpaired) electrons. The maximum Gasteiger partial charge on any atom is 0.238 e. The summed E-state index contributed by atoms with van der Waals surface area (Å²) in [4.78, 5) is 23.8. The lowest BCUT2D eigenvalue weighted by atomic mass is 9.87. The van der Waals surface area contributed by atoms with E-state index in [1.54, 1.807) is 48.6 Å². The van der Waals surface area contributed by atoms with Crippen molar-refractivity contribution in [2.75, 3.05) is 0 Å². The molecule has 2 rings (SSSR count). The quantitative estimate of drug-likeness (QED) is 0.632. The lowest BCUT2D eigenvalue weighted by molar-refractivity contribution is -0.128. The molecule has 17 heavy (non-hydrogen) atoms. The van der Waals surface area contributed by atoms with Gasteiger partial charge in [0.15, 0.2) is 5.60 Å². The van der Waals surface area contributed by atoms with Crippen molar-refractivity contribution in [1.82, 2.24) is 0 Å². The van der Waals surface area contributed by atoms with Crippen LogP contribution in [0.25, 0.3) is 0 Å². The van der Waals surface area contributed by atoms with Gasteiger partial charge in [-0.3, -0.25) is 9.59 Å². The molecule has 1 aromatic rings. The number of carbonyl (C=O) groups excluding carboxylic acids is 2. The maximum absolute atomic E-state index is 11.9. The second-order valence-electron chi connectivity index (χ2n) is 3.94. The Morgan fingerprint density at radius 1 is 1.12 bits per heavy atom. The minimum atomic E-state index is -1.69. The first-order valence-electron chi connectivity index (χ1n) is 5.34. The fourth-order valence-corrected chi connectivity index (χ4v) is 1.69. The van der Waals surface area contributed by atoms with Crippen LogP contribution in [0, 0.1) is 0 Å². The fourth-order valence-electron chi connectivity index (χ4n) is 1.69. The molecular weight excluding hydrogens is 216 g/mol. The molecule has 3 nitrogen and oxygen atoms in total. The number of hydrogen-bond donors (Lipinski definition) is 1. The Morgan fingerprint density at radius 3 is 2.41 bits per heavy atom. The summed E-state index contributed by atoms with van der Waals surface area (Å²) in [7, 11) is 0. The van der Waals surface area contributed by atoms with E-state index in [4.69, 9.17) is 0 Å². The van der Waals surface area contributed by atoms with Crippen molar-refractivity contribution in [2.24, 2.45) is 0 Å². The highest BCUT2D eigenvalue weighted by Gasteiger charge is 2.37. The lowest BCUT2D eigenvalue weighted by Crippen LogP contribution is -2.41. The number of rotatable bonds is 3. The van der Waals surface area contributed by atoms with Crippen LogP contribution in [0.1, 0.15) is 16.8 Å². The molecular formula is C14H12O3. The molecule has 3 heteroatoms. The first kappa shape index (κ1) is 11.5. The summed E-state index contributed by atoms with van der Waals surface area (Å²) in [6.45, 7) is 0. The van der Waals surface area contributed by atoms with E-state index in [2.05, 4.69) is 0 Å². The number of allylic oxidation sites excluding steroid dienone is 2.